The summed E-state index contributed by atoms with van der Waals surface area (Å²) in [4.78, 5) is 31.2. The molecule has 2 aromatic carbocycles. The Morgan fingerprint density at radius 3 is 2.38 bits per heavy atom. The first-order valence-corrected chi connectivity index (χ1v) is 11.2. The monoisotopic (exact) mass is 494 g/mol. The summed E-state index contributed by atoms with van der Waals surface area (Å²) in [5.74, 6) is -0.649. The highest BCUT2D eigenvalue weighted by atomic mass is 35.5. The van der Waals surface area contributed by atoms with E-state index < -0.39 is 17.9 Å². The number of hydrogen-bond acceptors (Lipinski definition) is 4. The average Bonchev–Trinajstić information content (AvgIpc) is 3.31. The molecule has 4 aromatic rings. The van der Waals surface area contributed by atoms with E-state index in [2.05, 4.69) is 4.98 Å². The first kappa shape index (κ1) is 23.5. The molecule has 2 aromatic heterocycles. The number of furan rings is 1. The van der Waals surface area contributed by atoms with Gasteiger partial charge in [-0.1, -0.05) is 53.5 Å². The predicted molar refractivity (Wildman–Crippen MR) is 130 cm³/mol. The van der Waals surface area contributed by atoms with Gasteiger partial charge in [-0.15, -0.1) is 0 Å². The highest BCUT2D eigenvalue weighted by Crippen LogP contribution is 2.27. The van der Waals surface area contributed by atoms with Crippen LogP contribution in [0.4, 0.5) is 0 Å². The minimum Gasteiger partial charge on any atom is -0.480 e. The van der Waals surface area contributed by atoms with Gasteiger partial charge in [-0.25, -0.2) is 4.79 Å². The van der Waals surface area contributed by atoms with E-state index in [1.54, 1.807) is 42.7 Å². The van der Waals surface area contributed by atoms with Gasteiger partial charge < -0.3 is 14.4 Å². The fourth-order valence-corrected chi connectivity index (χ4v) is 4.10. The Morgan fingerprint density at radius 1 is 0.971 bits per heavy atom. The number of carbonyl (C=O) groups is 2. The average molecular weight is 495 g/mol. The van der Waals surface area contributed by atoms with E-state index in [1.807, 2.05) is 30.3 Å². The van der Waals surface area contributed by atoms with Gasteiger partial charge in [0.2, 0.25) is 0 Å². The molecular weight excluding hydrogens is 475 g/mol. The normalized spacial score (nSPS) is 11.7. The fraction of sp³-hybridized carbons (Fsp3) is 0.115. The lowest BCUT2D eigenvalue weighted by atomic mass is 10.0. The Hall–Kier alpha value is -3.61. The molecule has 34 heavy (non-hydrogen) atoms. The van der Waals surface area contributed by atoms with Gasteiger partial charge in [-0.3, -0.25) is 9.78 Å². The standard InChI is InChI=1S/C26H20Cl2N2O4/c27-19-6-8-21(22(28)15-19)25(31)30(23(26(32)33)14-17-4-2-1-3-5-17)16-20-7-9-24(34-20)18-10-12-29-13-11-18/h1-13,15,23H,14,16H2,(H,32,33). The summed E-state index contributed by atoms with van der Waals surface area (Å²) < 4.78 is 5.95. The third-order valence-corrected chi connectivity index (χ3v) is 5.86. The first-order chi connectivity index (χ1) is 16.4. The summed E-state index contributed by atoms with van der Waals surface area (Å²) in [6.45, 7) is -0.0628. The van der Waals surface area contributed by atoms with Gasteiger partial charge in [0.25, 0.3) is 5.91 Å². The Kier molecular flexibility index (Phi) is 7.30. The summed E-state index contributed by atoms with van der Waals surface area (Å²) in [5, 5.41) is 10.6. The minimum atomic E-state index is -1.16. The molecule has 8 heteroatoms. The summed E-state index contributed by atoms with van der Waals surface area (Å²) in [5.41, 5.74) is 1.76. The third kappa shape index (κ3) is 5.47. The molecule has 1 N–H and O–H groups in total. The summed E-state index contributed by atoms with van der Waals surface area (Å²) in [7, 11) is 0. The van der Waals surface area contributed by atoms with Crippen LogP contribution in [-0.4, -0.2) is 32.9 Å². The molecule has 0 fully saturated rings. The molecule has 0 saturated heterocycles. The zero-order valence-corrected chi connectivity index (χ0v) is 19.4. The largest absolute Gasteiger partial charge is 0.480 e. The van der Waals surface area contributed by atoms with E-state index in [4.69, 9.17) is 27.6 Å². The van der Waals surface area contributed by atoms with Crippen molar-refractivity contribution < 1.29 is 19.1 Å². The number of carboxylic acid groups (broad SMARTS) is 1. The number of benzene rings is 2. The molecule has 172 valence electrons. The molecular formula is C26H20Cl2N2O4. The lowest BCUT2D eigenvalue weighted by Crippen LogP contribution is -2.46. The van der Waals surface area contributed by atoms with Crippen LogP contribution >= 0.6 is 23.2 Å². The third-order valence-electron chi connectivity index (χ3n) is 5.31. The number of pyridine rings is 1. The van der Waals surface area contributed by atoms with E-state index in [9.17, 15) is 14.7 Å². The number of aliphatic carboxylic acids is 1. The van der Waals surface area contributed by atoms with Crippen LogP contribution in [0, 0.1) is 0 Å². The lowest BCUT2D eigenvalue weighted by Gasteiger charge is -2.29. The van der Waals surface area contributed by atoms with Crippen LogP contribution in [0.2, 0.25) is 10.0 Å². The van der Waals surface area contributed by atoms with Gasteiger partial charge in [0, 0.05) is 29.4 Å². The van der Waals surface area contributed by atoms with Crippen molar-refractivity contribution in [2.24, 2.45) is 0 Å². The van der Waals surface area contributed by atoms with Crippen molar-refractivity contribution in [3.05, 3.63) is 112 Å². The number of amides is 1. The van der Waals surface area contributed by atoms with Crippen LogP contribution in [0.25, 0.3) is 11.3 Å². The second-order valence-electron chi connectivity index (χ2n) is 7.60. The Bertz CT molecular complexity index is 1290. The number of halogens is 2. The number of carboxylic acids is 1. The van der Waals surface area contributed by atoms with Gasteiger partial charge in [-0.05, 0) is 48.0 Å². The topological polar surface area (TPSA) is 83.6 Å². The van der Waals surface area contributed by atoms with E-state index in [1.165, 1.54) is 17.0 Å². The second-order valence-corrected chi connectivity index (χ2v) is 8.45. The van der Waals surface area contributed by atoms with Crippen molar-refractivity contribution in [3.63, 3.8) is 0 Å². The molecule has 6 nitrogen and oxygen atoms in total. The highest BCUT2D eigenvalue weighted by Gasteiger charge is 2.32. The van der Waals surface area contributed by atoms with E-state index in [-0.39, 0.29) is 23.6 Å². The number of hydrogen-bond donors (Lipinski definition) is 1. The minimum absolute atomic E-state index is 0.0628. The number of aromatic nitrogens is 1. The fourth-order valence-electron chi connectivity index (χ4n) is 3.61. The molecule has 0 saturated carbocycles. The molecule has 0 bridgehead atoms. The highest BCUT2D eigenvalue weighted by molar-refractivity contribution is 6.36. The van der Waals surface area contributed by atoms with Gasteiger partial charge in [0.05, 0.1) is 17.1 Å². The quantitative estimate of drug-likeness (QED) is 0.325. The van der Waals surface area contributed by atoms with Crippen molar-refractivity contribution in [2.75, 3.05) is 0 Å². The number of nitrogens with zero attached hydrogens (tertiary/aromatic N) is 2. The van der Waals surface area contributed by atoms with E-state index in [0.717, 1.165) is 11.1 Å². The van der Waals surface area contributed by atoms with E-state index in [0.29, 0.717) is 16.5 Å². The van der Waals surface area contributed by atoms with E-state index >= 15 is 0 Å². The maximum atomic E-state index is 13.6. The maximum absolute atomic E-state index is 13.6. The molecule has 1 atom stereocenters. The second kappa shape index (κ2) is 10.5. The van der Waals surface area contributed by atoms with Crippen LogP contribution in [0.5, 0.6) is 0 Å². The SMILES string of the molecule is O=C(O)C(Cc1ccccc1)N(Cc1ccc(-c2ccncc2)o1)C(=O)c1ccc(Cl)cc1Cl. The smallest absolute Gasteiger partial charge is 0.326 e. The molecule has 0 spiro atoms. The Morgan fingerprint density at radius 2 is 1.71 bits per heavy atom. The van der Waals surface area contributed by atoms with Crippen LogP contribution in [-0.2, 0) is 17.8 Å². The maximum Gasteiger partial charge on any atom is 0.326 e. The first-order valence-electron chi connectivity index (χ1n) is 10.4. The molecule has 0 aliphatic rings. The van der Waals surface area contributed by atoms with Crippen molar-refractivity contribution >= 4 is 35.1 Å². The predicted octanol–water partition coefficient (Wildman–Crippen LogP) is 5.99. The molecule has 4 rings (SSSR count). The lowest BCUT2D eigenvalue weighted by molar-refractivity contribution is -0.142. The van der Waals surface area contributed by atoms with Crippen LogP contribution in [0.3, 0.4) is 0 Å². The van der Waals surface area contributed by atoms with Crippen molar-refractivity contribution in [1.29, 1.82) is 0 Å². The van der Waals surface area contributed by atoms with Gasteiger partial charge in [0.1, 0.15) is 17.6 Å². The zero-order chi connectivity index (χ0) is 24.1. The Balaban J connectivity index is 1.70. The molecule has 0 aliphatic heterocycles. The van der Waals surface area contributed by atoms with Crippen molar-refractivity contribution in [3.8, 4) is 11.3 Å². The number of rotatable bonds is 8. The van der Waals surface area contributed by atoms with Gasteiger partial charge in [0.15, 0.2) is 0 Å². The molecule has 2 heterocycles. The molecule has 1 unspecified atom stereocenters. The van der Waals surface area contributed by atoms with Crippen LogP contribution in [0.15, 0.2) is 89.6 Å². The zero-order valence-electron chi connectivity index (χ0n) is 17.9. The van der Waals surface area contributed by atoms with Gasteiger partial charge in [-0.2, -0.15) is 0 Å². The Labute approximate surface area is 206 Å². The summed E-state index contributed by atoms with van der Waals surface area (Å²) >= 11 is 12.3. The summed E-state index contributed by atoms with van der Waals surface area (Å²) in [6, 6.07) is 19.6. The molecule has 0 radical (unpaired) electrons. The molecule has 1 amide bonds. The van der Waals surface area contributed by atoms with Crippen LogP contribution < -0.4 is 0 Å². The summed E-state index contributed by atoms with van der Waals surface area (Å²) in [6.07, 6.45) is 3.41. The van der Waals surface area contributed by atoms with Crippen molar-refractivity contribution in [1.82, 2.24) is 9.88 Å². The van der Waals surface area contributed by atoms with Crippen LogP contribution in [0.1, 0.15) is 21.7 Å². The van der Waals surface area contributed by atoms with Gasteiger partial charge >= 0.3 is 5.97 Å². The van der Waals surface area contributed by atoms with Crippen molar-refractivity contribution in [2.45, 2.75) is 19.0 Å². The number of carbonyl (C=O) groups excluding carboxylic acids is 1. The molecule has 0 aliphatic carbocycles.